The lowest BCUT2D eigenvalue weighted by atomic mass is 9.79. The van der Waals surface area contributed by atoms with E-state index in [1.807, 2.05) is 6.92 Å². The van der Waals surface area contributed by atoms with E-state index in [2.05, 4.69) is 0 Å². The van der Waals surface area contributed by atoms with E-state index in [1.54, 1.807) is 20.8 Å². The number of rotatable bonds is 5. The Bertz CT molecular complexity index is 550. The number of esters is 3. The summed E-state index contributed by atoms with van der Waals surface area (Å²) in [5, 5.41) is 0. The normalized spacial score (nSPS) is 29.8. The van der Waals surface area contributed by atoms with Gasteiger partial charge in [0, 0.05) is 6.42 Å². The van der Waals surface area contributed by atoms with Gasteiger partial charge in [0.15, 0.2) is 0 Å². The maximum Gasteiger partial charge on any atom is 0.350 e. The van der Waals surface area contributed by atoms with Crippen LogP contribution in [0.1, 0.15) is 67.2 Å². The molecule has 6 heteroatoms. The van der Waals surface area contributed by atoms with Crippen molar-refractivity contribution in [1.82, 2.24) is 0 Å². The maximum absolute atomic E-state index is 12.6. The first kappa shape index (κ1) is 18.7. The van der Waals surface area contributed by atoms with Crippen molar-refractivity contribution in [3.8, 4) is 0 Å². The lowest BCUT2D eigenvalue weighted by Crippen LogP contribution is -2.51. The molecule has 0 aromatic heterocycles. The molecular weight excluding hydrogens is 312 g/mol. The molecule has 0 radical (unpaired) electrons. The monoisotopic (exact) mass is 340 g/mol. The molecule has 0 spiro atoms. The summed E-state index contributed by atoms with van der Waals surface area (Å²) in [5.74, 6) is -1.35. The second kappa shape index (κ2) is 6.05. The van der Waals surface area contributed by atoms with Crippen molar-refractivity contribution in [2.45, 2.75) is 84.5 Å². The lowest BCUT2D eigenvalue weighted by Gasteiger charge is -2.38. The van der Waals surface area contributed by atoms with Gasteiger partial charge in [-0.15, -0.1) is 0 Å². The summed E-state index contributed by atoms with van der Waals surface area (Å²) in [4.78, 5) is 36.5. The van der Waals surface area contributed by atoms with Crippen LogP contribution in [0.2, 0.25) is 0 Å². The smallest absolute Gasteiger partial charge is 0.350 e. The molecule has 2 bridgehead atoms. The van der Waals surface area contributed by atoms with Gasteiger partial charge in [-0.3, -0.25) is 9.59 Å². The van der Waals surface area contributed by atoms with Gasteiger partial charge in [0.1, 0.15) is 11.7 Å². The fourth-order valence-electron chi connectivity index (χ4n) is 2.88. The first-order valence-electron chi connectivity index (χ1n) is 8.59. The van der Waals surface area contributed by atoms with Crippen LogP contribution in [0.15, 0.2) is 0 Å². The first-order chi connectivity index (χ1) is 10.9. The zero-order valence-corrected chi connectivity index (χ0v) is 15.4. The standard InChI is InChI=1S/C18H28O6/c1-7-16(2,3)14(20)23-17(4,5)15(21)24-18(6)9-8-11-10-12(18)22-13(11)19/h11-12H,7-10H2,1-6H3. The van der Waals surface area contributed by atoms with Crippen LogP contribution in [0.4, 0.5) is 0 Å². The Morgan fingerprint density at radius 2 is 1.88 bits per heavy atom. The molecule has 2 fully saturated rings. The van der Waals surface area contributed by atoms with Crippen molar-refractivity contribution in [3.05, 3.63) is 0 Å². The van der Waals surface area contributed by atoms with Crippen molar-refractivity contribution in [2.75, 3.05) is 0 Å². The number of ether oxygens (including phenoxy) is 3. The Morgan fingerprint density at radius 3 is 2.46 bits per heavy atom. The molecule has 3 atom stereocenters. The molecule has 1 aliphatic carbocycles. The van der Waals surface area contributed by atoms with Crippen molar-refractivity contribution in [2.24, 2.45) is 11.3 Å². The Morgan fingerprint density at radius 1 is 1.25 bits per heavy atom. The molecule has 1 saturated carbocycles. The van der Waals surface area contributed by atoms with Crippen LogP contribution in [0, 0.1) is 11.3 Å². The molecule has 1 saturated heterocycles. The second-order valence-corrected chi connectivity index (χ2v) is 8.24. The van der Waals surface area contributed by atoms with Crippen LogP contribution in [-0.4, -0.2) is 35.2 Å². The van der Waals surface area contributed by atoms with E-state index in [1.165, 1.54) is 13.8 Å². The second-order valence-electron chi connectivity index (χ2n) is 8.24. The number of hydrogen-bond acceptors (Lipinski definition) is 6. The van der Waals surface area contributed by atoms with Crippen molar-refractivity contribution in [3.63, 3.8) is 0 Å². The van der Waals surface area contributed by atoms with Crippen LogP contribution < -0.4 is 0 Å². The Balaban J connectivity index is 2.05. The van der Waals surface area contributed by atoms with E-state index in [0.29, 0.717) is 25.7 Å². The molecule has 6 nitrogen and oxygen atoms in total. The average molecular weight is 340 g/mol. The third-order valence-electron chi connectivity index (χ3n) is 5.36. The first-order valence-corrected chi connectivity index (χ1v) is 8.59. The van der Waals surface area contributed by atoms with Gasteiger partial charge in [-0.25, -0.2) is 4.79 Å². The van der Waals surface area contributed by atoms with Crippen molar-refractivity contribution in [1.29, 1.82) is 0 Å². The van der Waals surface area contributed by atoms with Crippen molar-refractivity contribution >= 4 is 17.9 Å². The number of carbonyl (C=O) groups excluding carboxylic acids is 3. The summed E-state index contributed by atoms with van der Waals surface area (Å²) >= 11 is 0. The Hall–Kier alpha value is -1.59. The van der Waals surface area contributed by atoms with Crippen LogP contribution in [0.5, 0.6) is 0 Å². The zero-order chi connectivity index (χ0) is 18.3. The van der Waals surface area contributed by atoms with Gasteiger partial charge in [-0.05, 0) is 53.9 Å². The number of carbonyl (C=O) groups is 3. The molecular formula is C18H28O6. The predicted molar refractivity (Wildman–Crippen MR) is 86.0 cm³/mol. The molecule has 2 aliphatic rings. The SMILES string of the molecule is CCC(C)(C)C(=O)OC(C)(C)C(=O)OC1(C)CCC2CC1OC2=O. The molecule has 3 unspecified atom stereocenters. The quantitative estimate of drug-likeness (QED) is 0.565. The van der Waals surface area contributed by atoms with Crippen molar-refractivity contribution < 1.29 is 28.6 Å². The third-order valence-corrected chi connectivity index (χ3v) is 5.36. The van der Waals surface area contributed by atoms with Gasteiger partial charge < -0.3 is 14.2 Å². The molecule has 0 aromatic carbocycles. The van der Waals surface area contributed by atoms with Gasteiger partial charge in [-0.1, -0.05) is 6.92 Å². The van der Waals surface area contributed by atoms with Crippen LogP contribution in [0.25, 0.3) is 0 Å². The number of hydrogen-bond donors (Lipinski definition) is 0. The van der Waals surface area contributed by atoms with Gasteiger partial charge in [0.2, 0.25) is 5.60 Å². The summed E-state index contributed by atoms with van der Waals surface area (Å²) in [6.45, 7) is 10.3. The summed E-state index contributed by atoms with van der Waals surface area (Å²) in [7, 11) is 0. The summed E-state index contributed by atoms with van der Waals surface area (Å²) in [5.41, 5.74) is -2.93. The fourth-order valence-corrected chi connectivity index (χ4v) is 2.88. The lowest BCUT2D eigenvalue weighted by molar-refractivity contribution is -0.202. The van der Waals surface area contributed by atoms with Crippen LogP contribution in [-0.2, 0) is 28.6 Å². The van der Waals surface area contributed by atoms with Crippen LogP contribution >= 0.6 is 0 Å². The molecule has 0 aromatic rings. The minimum absolute atomic E-state index is 0.0852. The molecule has 1 aliphatic heterocycles. The van der Waals surface area contributed by atoms with E-state index in [9.17, 15) is 14.4 Å². The minimum atomic E-state index is -1.40. The summed E-state index contributed by atoms with van der Waals surface area (Å²) in [6.07, 6.45) is 1.96. The van der Waals surface area contributed by atoms with Gasteiger partial charge in [0.05, 0.1) is 11.3 Å². The van der Waals surface area contributed by atoms with Gasteiger partial charge in [-0.2, -0.15) is 0 Å². The molecule has 24 heavy (non-hydrogen) atoms. The minimum Gasteiger partial charge on any atom is -0.458 e. The summed E-state index contributed by atoms with van der Waals surface area (Å²) < 4.78 is 16.4. The topological polar surface area (TPSA) is 78.9 Å². The molecule has 0 amide bonds. The Kier molecular flexibility index (Phi) is 4.72. The van der Waals surface area contributed by atoms with E-state index >= 15 is 0 Å². The highest BCUT2D eigenvalue weighted by molar-refractivity contribution is 5.85. The highest BCUT2D eigenvalue weighted by Crippen LogP contribution is 2.43. The fraction of sp³-hybridized carbons (Fsp3) is 0.833. The van der Waals surface area contributed by atoms with E-state index < -0.39 is 34.7 Å². The van der Waals surface area contributed by atoms with Gasteiger partial charge >= 0.3 is 17.9 Å². The zero-order valence-electron chi connectivity index (χ0n) is 15.4. The average Bonchev–Trinajstić information content (AvgIpc) is 2.81. The predicted octanol–water partition coefficient (Wildman–Crippen LogP) is 2.77. The van der Waals surface area contributed by atoms with E-state index in [4.69, 9.17) is 14.2 Å². The highest BCUT2D eigenvalue weighted by atomic mass is 16.6. The molecule has 0 N–H and O–H groups in total. The Labute approximate surface area is 143 Å². The van der Waals surface area contributed by atoms with Crippen LogP contribution in [0.3, 0.4) is 0 Å². The third kappa shape index (κ3) is 3.42. The highest BCUT2D eigenvalue weighted by Gasteiger charge is 2.54. The van der Waals surface area contributed by atoms with E-state index in [0.717, 1.165) is 0 Å². The van der Waals surface area contributed by atoms with E-state index in [-0.39, 0.29) is 11.9 Å². The number of fused-ring (bicyclic) bond motifs is 2. The molecule has 2 rings (SSSR count). The molecule has 136 valence electrons. The largest absolute Gasteiger partial charge is 0.458 e. The van der Waals surface area contributed by atoms with Gasteiger partial charge in [0.25, 0.3) is 0 Å². The molecule has 1 heterocycles. The summed E-state index contributed by atoms with van der Waals surface area (Å²) in [6, 6.07) is 0. The maximum atomic E-state index is 12.6.